The lowest BCUT2D eigenvalue weighted by atomic mass is 9.97. The second kappa shape index (κ2) is 7.69. The number of fused-ring (bicyclic) bond motifs is 2. The number of amides is 1. The average Bonchev–Trinajstić information content (AvgIpc) is 3.11. The number of methoxy groups -OCH3 is 2. The number of benzene rings is 2. The molecule has 1 aliphatic rings. The molecule has 0 radical (unpaired) electrons. The van der Waals surface area contributed by atoms with Gasteiger partial charge in [0, 0.05) is 16.8 Å². The third-order valence-electron chi connectivity index (χ3n) is 5.46. The Morgan fingerprint density at radius 3 is 2.59 bits per heavy atom. The number of hydrogen-bond acceptors (Lipinski definition) is 6. The van der Waals surface area contributed by atoms with Gasteiger partial charge in [0.05, 0.1) is 25.2 Å². The van der Waals surface area contributed by atoms with Gasteiger partial charge >= 0.3 is 0 Å². The van der Waals surface area contributed by atoms with Crippen molar-refractivity contribution in [3.8, 4) is 11.5 Å². The van der Waals surface area contributed by atoms with Crippen LogP contribution in [0.4, 0.5) is 5.82 Å². The van der Waals surface area contributed by atoms with Crippen LogP contribution in [-0.2, 0) is 0 Å². The summed E-state index contributed by atoms with van der Waals surface area (Å²) in [6, 6.07) is 14.4. The van der Waals surface area contributed by atoms with Crippen LogP contribution in [0.3, 0.4) is 0 Å². The van der Waals surface area contributed by atoms with Crippen LogP contribution in [-0.4, -0.2) is 25.1 Å². The number of para-hydroxylation sites is 1. The van der Waals surface area contributed by atoms with Gasteiger partial charge in [-0.05, 0) is 36.4 Å². The van der Waals surface area contributed by atoms with Gasteiger partial charge in [0.15, 0.2) is 16.9 Å². The molecule has 0 fully saturated rings. The molecular formula is C24H17ClN2O5. The topological polar surface area (TPSA) is 81.9 Å². The lowest BCUT2D eigenvalue weighted by Crippen LogP contribution is -2.30. The maximum absolute atomic E-state index is 13.6. The standard InChI is InChI=1S/C24H17ClN2O5/c1-30-17-7-5-6-14(22(17)31-2)20-19-21(28)15-12-13(25)9-10-16(15)32-23(19)24(29)27(20)18-8-3-4-11-26-18/h3-12,20H,1-2H3/t20-/m0/s1. The molecule has 0 bridgehead atoms. The number of anilines is 1. The maximum Gasteiger partial charge on any atom is 0.296 e. The van der Waals surface area contributed by atoms with Gasteiger partial charge in [0.25, 0.3) is 5.91 Å². The molecule has 1 aliphatic heterocycles. The highest BCUT2D eigenvalue weighted by atomic mass is 35.5. The Labute approximate surface area is 187 Å². The minimum Gasteiger partial charge on any atom is -0.493 e. The highest BCUT2D eigenvalue weighted by Crippen LogP contribution is 2.45. The maximum atomic E-state index is 13.6. The average molecular weight is 449 g/mol. The first kappa shape index (κ1) is 20.1. The molecule has 1 amide bonds. The van der Waals surface area contributed by atoms with Gasteiger partial charge in [-0.2, -0.15) is 0 Å². The Kier molecular flexibility index (Phi) is 4.83. The number of rotatable bonds is 4. The molecular weight excluding hydrogens is 432 g/mol. The van der Waals surface area contributed by atoms with Crippen LogP contribution in [0.1, 0.15) is 27.7 Å². The summed E-state index contributed by atoms with van der Waals surface area (Å²) in [4.78, 5) is 33.0. The molecule has 8 heteroatoms. The number of ether oxygens (including phenoxy) is 2. The predicted molar refractivity (Wildman–Crippen MR) is 120 cm³/mol. The van der Waals surface area contributed by atoms with Crippen LogP contribution in [0.5, 0.6) is 11.5 Å². The van der Waals surface area contributed by atoms with E-state index in [1.165, 1.54) is 25.2 Å². The van der Waals surface area contributed by atoms with Crippen LogP contribution in [0.2, 0.25) is 5.02 Å². The van der Waals surface area contributed by atoms with E-state index in [9.17, 15) is 9.59 Å². The first-order valence-corrected chi connectivity index (χ1v) is 10.1. The Hall–Kier alpha value is -3.84. The van der Waals surface area contributed by atoms with Crippen molar-refractivity contribution in [2.45, 2.75) is 6.04 Å². The number of carbonyl (C=O) groups excluding carboxylic acids is 1. The third-order valence-corrected chi connectivity index (χ3v) is 5.69. The van der Waals surface area contributed by atoms with E-state index in [0.29, 0.717) is 33.3 Å². The van der Waals surface area contributed by atoms with Crippen LogP contribution >= 0.6 is 11.6 Å². The van der Waals surface area contributed by atoms with Gasteiger partial charge in [0.1, 0.15) is 17.4 Å². The Balaban J connectivity index is 1.87. The molecule has 0 aliphatic carbocycles. The van der Waals surface area contributed by atoms with Crippen molar-refractivity contribution < 1.29 is 18.7 Å². The van der Waals surface area contributed by atoms with E-state index in [4.69, 9.17) is 25.5 Å². The number of aromatic nitrogens is 1. The monoisotopic (exact) mass is 448 g/mol. The summed E-state index contributed by atoms with van der Waals surface area (Å²) >= 11 is 6.13. The largest absolute Gasteiger partial charge is 0.493 e. The fourth-order valence-corrected chi connectivity index (χ4v) is 4.27. The number of pyridine rings is 1. The number of carbonyl (C=O) groups is 1. The molecule has 0 unspecified atom stereocenters. The van der Waals surface area contributed by atoms with E-state index < -0.39 is 11.9 Å². The normalized spacial score (nSPS) is 15.2. The van der Waals surface area contributed by atoms with Gasteiger partial charge in [0.2, 0.25) is 5.76 Å². The lowest BCUT2D eigenvalue weighted by molar-refractivity contribution is 0.0970. The smallest absolute Gasteiger partial charge is 0.296 e. The molecule has 0 N–H and O–H groups in total. The van der Waals surface area contributed by atoms with Crippen molar-refractivity contribution in [1.82, 2.24) is 4.98 Å². The third kappa shape index (κ3) is 2.93. The number of halogens is 1. The second-order valence-electron chi connectivity index (χ2n) is 7.16. The highest BCUT2D eigenvalue weighted by Gasteiger charge is 2.45. The molecule has 5 rings (SSSR count). The molecule has 32 heavy (non-hydrogen) atoms. The van der Waals surface area contributed by atoms with Gasteiger partial charge in [-0.15, -0.1) is 0 Å². The molecule has 2 aromatic heterocycles. The summed E-state index contributed by atoms with van der Waals surface area (Å²) in [7, 11) is 3.03. The zero-order valence-electron chi connectivity index (χ0n) is 17.2. The molecule has 7 nitrogen and oxygen atoms in total. The van der Waals surface area contributed by atoms with Crippen molar-refractivity contribution >= 4 is 34.3 Å². The van der Waals surface area contributed by atoms with Crippen molar-refractivity contribution in [2.24, 2.45) is 0 Å². The fourth-order valence-electron chi connectivity index (χ4n) is 4.10. The molecule has 1 atom stereocenters. The van der Waals surface area contributed by atoms with Crippen molar-refractivity contribution in [2.75, 3.05) is 19.1 Å². The fraction of sp³-hybridized carbons (Fsp3) is 0.125. The summed E-state index contributed by atoms with van der Waals surface area (Å²) in [5.41, 5.74) is 0.705. The summed E-state index contributed by atoms with van der Waals surface area (Å²) in [6.45, 7) is 0. The van der Waals surface area contributed by atoms with Gasteiger partial charge in [-0.25, -0.2) is 4.98 Å². The molecule has 0 saturated carbocycles. The minimum absolute atomic E-state index is 0.0367. The van der Waals surface area contributed by atoms with E-state index in [0.717, 1.165) is 0 Å². The quantitative estimate of drug-likeness (QED) is 0.453. The second-order valence-corrected chi connectivity index (χ2v) is 7.60. The molecule has 2 aromatic carbocycles. The van der Waals surface area contributed by atoms with Gasteiger partial charge in [-0.3, -0.25) is 14.5 Å². The zero-order chi connectivity index (χ0) is 22.4. The van der Waals surface area contributed by atoms with Crippen LogP contribution in [0, 0.1) is 0 Å². The van der Waals surface area contributed by atoms with Crippen molar-refractivity contribution in [3.63, 3.8) is 0 Å². The summed E-state index contributed by atoms with van der Waals surface area (Å²) in [5.74, 6) is 0.750. The first-order valence-electron chi connectivity index (χ1n) is 9.77. The number of nitrogens with zero attached hydrogens (tertiary/aromatic N) is 2. The van der Waals surface area contributed by atoms with E-state index in [-0.39, 0.29) is 22.3 Å². The lowest BCUT2D eigenvalue weighted by Gasteiger charge is -2.26. The zero-order valence-corrected chi connectivity index (χ0v) is 17.9. The van der Waals surface area contributed by atoms with Crippen LogP contribution in [0.25, 0.3) is 11.0 Å². The Morgan fingerprint density at radius 1 is 1.03 bits per heavy atom. The van der Waals surface area contributed by atoms with E-state index >= 15 is 0 Å². The summed E-state index contributed by atoms with van der Waals surface area (Å²) in [5, 5.41) is 0.685. The molecule has 160 valence electrons. The van der Waals surface area contributed by atoms with Gasteiger partial charge < -0.3 is 13.9 Å². The minimum atomic E-state index is -0.836. The molecule has 3 heterocycles. The predicted octanol–water partition coefficient (Wildman–Crippen LogP) is 4.61. The van der Waals surface area contributed by atoms with Crippen molar-refractivity contribution in [1.29, 1.82) is 0 Å². The van der Waals surface area contributed by atoms with Crippen LogP contribution in [0.15, 0.2) is 70.0 Å². The molecule has 4 aromatic rings. The number of hydrogen-bond donors (Lipinski definition) is 0. The van der Waals surface area contributed by atoms with E-state index in [2.05, 4.69) is 4.98 Å². The summed E-state index contributed by atoms with van der Waals surface area (Å²) in [6.07, 6.45) is 1.58. The SMILES string of the molecule is COc1cccc([C@H]2c3c(oc4ccc(Cl)cc4c3=O)C(=O)N2c2ccccn2)c1OC. The Morgan fingerprint density at radius 2 is 1.88 bits per heavy atom. The highest BCUT2D eigenvalue weighted by molar-refractivity contribution is 6.31. The van der Waals surface area contributed by atoms with Gasteiger partial charge in [-0.1, -0.05) is 29.8 Å². The van der Waals surface area contributed by atoms with Crippen molar-refractivity contribution in [3.05, 3.63) is 92.9 Å². The summed E-state index contributed by atoms with van der Waals surface area (Å²) < 4.78 is 17.0. The Bertz CT molecular complexity index is 1420. The van der Waals surface area contributed by atoms with Crippen LogP contribution < -0.4 is 19.8 Å². The first-order chi connectivity index (χ1) is 15.5. The van der Waals surface area contributed by atoms with E-state index in [1.807, 2.05) is 0 Å². The molecule has 0 spiro atoms. The van der Waals surface area contributed by atoms with E-state index in [1.54, 1.807) is 54.7 Å². The molecule has 0 saturated heterocycles.